The Balaban J connectivity index is 3.75. The smallest absolute Gasteiger partial charge is 0.171 e. The predicted molar refractivity (Wildman–Crippen MR) is 40.2 cm³/mol. The van der Waals surface area contributed by atoms with Gasteiger partial charge in [-0.1, -0.05) is 47.8 Å². The minimum absolute atomic E-state index is 0.958. The van der Waals surface area contributed by atoms with Crippen LogP contribution in [0.5, 0.6) is 0 Å². The summed E-state index contributed by atoms with van der Waals surface area (Å²) in [6.45, 7) is 0. The molecule has 0 bridgehead atoms. The molecule has 0 aliphatic heterocycles. The van der Waals surface area contributed by atoms with Gasteiger partial charge in [-0.3, -0.25) is 0 Å². The van der Waals surface area contributed by atoms with E-state index in [0.29, 0.717) is 0 Å². The molecule has 0 aromatic heterocycles. The zero-order valence-electron chi connectivity index (χ0n) is 3.97. The first-order valence-corrected chi connectivity index (χ1v) is 4.22. The van der Waals surface area contributed by atoms with Gasteiger partial charge in [0.05, 0.1) is 6.42 Å². The molecule has 0 aliphatic carbocycles. The molecule has 0 heterocycles. The van der Waals surface area contributed by atoms with Crippen molar-refractivity contribution in [2.75, 3.05) is 0 Å². The lowest BCUT2D eigenvalue weighted by Gasteiger charge is -2.13. The number of alkyl halides is 6. The van der Waals surface area contributed by atoms with Crippen molar-refractivity contribution < 1.29 is 13.2 Å². The van der Waals surface area contributed by atoms with Crippen molar-refractivity contribution in [3.05, 3.63) is 0 Å². The average Bonchev–Trinajstić information content (AvgIpc) is 1.14. The van der Waals surface area contributed by atoms with Crippen LogP contribution in [0.1, 0.15) is 6.42 Å². The maximum atomic E-state index is 11.5. The minimum atomic E-state index is -4.16. The van der Waals surface area contributed by atoms with Crippen molar-refractivity contribution >= 4 is 47.8 Å². The van der Waals surface area contributed by atoms with Crippen LogP contribution < -0.4 is 0 Å². The lowest BCUT2D eigenvalue weighted by atomic mass is 10.5. The largest absolute Gasteiger partial charge is 0.392 e. The molecular weight excluding hydrogens is 333 g/mol. The summed E-state index contributed by atoms with van der Waals surface area (Å²) in [5.74, 6) is 0. The fourth-order valence-electron chi connectivity index (χ4n) is 0.227. The van der Waals surface area contributed by atoms with E-state index in [1.54, 1.807) is 0 Å². The minimum Gasteiger partial charge on any atom is -0.171 e. The average molecular weight is 335 g/mol. The molecule has 6 heteroatoms. The molecule has 0 saturated heterocycles. The van der Waals surface area contributed by atoms with E-state index in [9.17, 15) is 13.2 Å². The molecule has 0 N–H and O–H groups in total. The Hall–Kier alpha value is 1.23. The summed E-state index contributed by atoms with van der Waals surface area (Å²) in [7, 11) is 0. The number of hydrogen-bond donors (Lipinski definition) is 0. The third-order valence-corrected chi connectivity index (χ3v) is 1.24. The Bertz CT molecular complexity index is 79.5. The van der Waals surface area contributed by atoms with E-state index in [4.69, 9.17) is 0 Å². The van der Waals surface area contributed by atoms with E-state index in [1.165, 1.54) is 0 Å². The van der Waals surface area contributed by atoms with Crippen LogP contribution in [-0.2, 0) is 0 Å². The quantitative estimate of drug-likeness (QED) is 0.591. The topological polar surface area (TPSA) is 0 Å². The van der Waals surface area contributed by atoms with Gasteiger partial charge in [-0.15, -0.1) is 0 Å². The molecule has 0 fully saturated rings. The van der Waals surface area contributed by atoms with Gasteiger partial charge < -0.3 is 0 Å². The summed E-state index contributed by atoms with van der Waals surface area (Å²) in [5.41, 5.74) is 0. The van der Waals surface area contributed by atoms with Crippen LogP contribution in [0.4, 0.5) is 13.2 Å². The second kappa shape index (κ2) is 3.09. The lowest BCUT2D eigenvalue weighted by Crippen LogP contribution is -2.16. The maximum absolute atomic E-state index is 11.5. The molecule has 0 aliphatic rings. The van der Waals surface area contributed by atoms with Gasteiger partial charge in [0, 0.05) is 0 Å². The molecular formula is C3H2Br3F3. The molecule has 0 rings (SSSR count). The molecule has 0 saturated carbocycles. The highest BCUT2D eigenvalue weighted by Crippen LogP contribution is 2.43. The zero-order valence-corrected chi connectivity index (χ0v) is 8.73. The second-order valence-electron chi connectivity index (χ2n) is 1.41. The van der Waals surface area contributed by atoms with Gasteiger partial charge in [0.2, 0.25) is 0 Å². The van der Waals surface area contributed by atoms with Gasteiger partial charge in [0.25, 0.3) is 0 Å². The van der Waals surface area contributed by atoms with E-state index >= 15 is 0 Å². The SMILES string of the molecule is FC(F)(F)CC(Br)(Br)Br. The molecule has 0 nitrogen and oxygen atoms in total. The Morgan fingerprint density at radius 1 is 1.00 bits per heavy atom. The normalized spacial score (nSPS) is 14.0. The molecule has 0 aromatic rings. The summed E-state index contributed by atoms with van der Waals surface area (Å²) in [4.78, 5) is 0. The standard InChI is InChI=1S/C3H2Br3F3/c4-2(5,6)1-3(7,8)9/h1H2. The molecule has 0 atom stereocenters. The van der Waals surface area contributed by atoms with Crippen molar-refractivity contribution in [2.24, 2.45) is 0 Å². The van der Waals surface area contributed by atoms with Crippen molar-refractivity contribution in [3.8, 4) is 0 Å². The first-order chi connectivity index (χ1) is 3.71. The molecule has 0 aromatic carbocycles. The third-order valence-electron chi connectivity index (χ3n) is 0.401. The van der Waals surface area contributed by atoms with Crippen LogP contribution >= 0.6 is 47.8 Å². The van der Waals surface area contributed by atoms with Crippen LogP contribution in [0.25, 0.3) is 0 Å². The summed E-state index contributed by atoms with van der Waals surface area (Å²) in [6.07, 6.45) is -5.11. The van der Waals surface area contributed by atoms with E-state index in [-0.39, 0.29) is 0 Å². The Morgan fingerprint density at radius 3 is 1.33 bits per heavy atom. The fourth-order valence-corrected chi connectivity index (χ4v) is 1.18. The van der Waals surface area contributed by atoms with Crippen molar-refractivity contribution in [1.29, 1.82) is 0 Å². The maximum Gasteiger partial charge on any atom is 0.392 e. The first kappa shape index (κ1) is 10.2. The van der Waals surface area contributed by atoms with Crippen molar-refractivity contribution in [1.82, 2.24) is 0 Å². The summed E-state index contributed by atoms with van der Waals surface area (Å²) in [5, 5.41) is 0. The Labute approximate surface area is 75.6 Å². The first-order valence-electron chi connectivity index (χ1n) is 1.84. The molecule has 0 unspecified atom stereocenters. The van der Waals surface area contributed by atoms with Gasteiger partial charge in [0.15, 0.2) is 0 Å². The van der Waals surface area contributed by atoms with Crippen LogP contribution in [0, 0.1) is 0 Å². The highest BCUT2D eigenvalue weighted by molar-refractivity contribution is 9.39. The van der Waals surface area contributed by atoms with Gasteiger partial charge in [-0.05, 0) is 0 Å². The highest BCUT2D eigenvalue weighted by Gasteiger charge is 2.37. The van der Waals surface area contributed by atoms with Crippen LogP contribution in [0.3, 0.4) is 0 Å². The third kappa shape index (κ3) is 9.23. The van der Waals surface area contributed by atoms with Gasteiger partial charge >= 0.3 is 6.18 Å². The van der Waals surface area contributed by atoms with Gasteiger partial charge in [-0.2, -0.15) is 13.2 Å². The van der Waals surface area contributed by atoms with Crippen LogP contribution in [0.15, 0.2) is 0 Å². The molecule has 0 amide bonds. The van der Waals surface area contributed by atoms with E-state index in [2.05, 4.69) is 47.8 Å². The molecule has 0 radical (unpaired) electrons. The summed E-state index contributed by atoms with van der Waals surface area (Å²) < 4.78 is 33.2. The summed E-state index contributed by atoms with van der Waals surface area (Å²) >= 11 is 8.18. The second-order valence-corrected chi connectivity index (χ2v) is 8.66. The predicted octanol–water partition coefficient (Wildman–Crippen LogP) is 3.78. The Morgan fingerprint density at radius 2 is 1.33 bits per heavy atom. The zero-order chi connectivity index (χ0) is 7.71. The molecule has 0 spiro atoms. The van der Waals surface area contributed by atoms with E-state index in [1.807, 2.05) is 0 Å². The van der Waals surface area contributed by atoms with Crippen LogP contribution in [0.2, 0.25) is 0 Å². The van der Waals surface area contributed by atoms with Crippen molar-refractivity contribution in [3.63, 3.8) is 0 Å². The van der Waals surface area contributed by atoms with Gasteiger partial charge in [0.1, 0.15) is 2.14 Å². The highest BCUT2D eigenvalue weighted by atomic mass is 80.0. The monoisotopic (exact) mass is 332 g/mol. The number of hydrogen-bond acceptors (Lipinski definition) is 0. The fraction of sp³-hybridized carbons (Fsp3) is 1.00. The van der Waals surface area contributed by atoms with E-state index in [0.717, 1.165) is 0 Å². The van der Waals surface area contributed by atoms with Gasteiger partial charge in [-0.25, -0.2) is 0 Å². The lowest BCUT2D eigenvalue weighted by molar-refractivity contribution is -0.131. The number of rotatable bonds is 0. The van der Waals surface area contributed by atoms with Crippen LogP contribution in [-0.4, -0.2) is 8.32 Å². The molecule has 56 valence electrons. The summed E-state index contributed by atoms with van der Waals surface area (Å²) in [6, 6.07) is 0. The molecule has 9 heavy (non-hydrogen) atoms. The van der Waals surface area contributed by atoms with Crippen molar-refractivity contribution in [2.45, 2.75) is 14.7 Å². The van der Waals surface area contributed by atoms with E-state index < -0.39 is 14.7 Å². The Kier molecular flexibility index (Phi) is 3.51. The number of halogens is 6.